The standard InChI is InChI=1S/C16H18N8O2S/c17-23-21-15-5-1-13(2-6-15)19-9-11-27(25,26)12-10-20-14-3-7-16(8-4-14)22-24-18/h1-8,19-20H,9-12H2. The highest BCUT2D eigenvalue weighted by atomic mass is 32.2. The topological polar surface area (TPSA) is 156 Å². The number of anilines is 2. The van der Waals surface area contributed by atoms with Gasteiger partial charge in [-0.05, 0) is 35.3 Å². The van der Waals surface area contributed by atoms with Gasteiger partial charge >= 0.3 is 0 Å². The van der Waals surface area contributed by atoms with Crippen molar-refractivity contribution in [2.45, 2.75) is 0 Å². The third-order valence-corrected chi connectivity index (χ3v) is 5.19. The van der Waals surface area contributed by atoms with E-state index in [1.54, 1.807) is 48.5 Å². The van der Waals surface area contributed by atoms with Gasteiger partial charge in [0.2, 0.25) is 0 Å². The van der Waals surface area contributed by atoms with Crippen LogP contribution in [0, 0.1) is 0 Å². The third kappa shape index (κ3) is 7.17. The van der Waals surface area contributed by atoms with Crippen molar-refractivity contribution in [1.82, 2.24) is 0 Å². The normalized spacial score (nSPS) is 10.4. The van der Waals surface area contributed by atoms with Gasteiger partial charge in [-0.25, -0.2) is 8.42 Å². The van der Waals surface area contributed by atoms with Crippen LogP contribution < -0.4 is 10.6 Å². The Bertz CT molecular complexity index is 871. The van der Waals surface area contributed by atoms with E-state index in [4.69, 9.17) is 11.1 Å². The number of sulfone groups is 1. The van der Waals surface area contributed by atoms with Crippen LogP contribution in [0.2, 0.25) is 0 Å². The van der Waals surface area contributed by atoms with Crippen LogP contribution in [0.3, 0.4) is 0 Å². The Morgan fingerprint density at radius 3 is 1.44 bits per heavy atom. The van der Waals surface area contributed by atoms with Crippen molar-refractivity contribution in [2.75, 3.05) is 35.2 Å². The molecule has 0 aliphatic rings. The molecule has 0 spiro atoms. The lowest BCUT2D eigenvalue weighted by Gasteiger charge is -2.09. The summed E-state index contributed by atoms with van der Waals surface area (Å²) in [6.45, 7) is 0.564. The first kappa shape index (κ1) is 19.9. The molecule has 0 unspecified atom stereocenters. The van der Waals surface area contributed by atoms with Gasteiger partial charge in [-0.15, -0.1) is 0 Å². The molecule has 0 fully saturated rings. The Morgan fingerprint density at radius 1 is 0.741 bits per heavy atom. The number of nitrogens with one attached hydrogen (secondary N) is 2. The number of rotatable bonds is 10. The molecule has 0 saturated carbocycles. The van der Waals surface area contributed by atoms with Crippen LogP contribution in [0.25, 0.3) is 20.9 Å². The predicted molar refractivity (Wildman–Crippen MR) is 106 cm³/mol. The Hall–Kier alpha value is -3.39. The second kappa shape index (κ2) is 9.93. The van der Waals surface area contributed by atoms with E-state index in [1.807, 2.05) is 0 Å². The lowest BCUT2D eigenvalue weighted by molar-refractivity contribution is 0.597. The van der Waals surface area contributed by atoms with Gasteiger partial charge in [0, 0.05) is 45.7 Å². The van der Waals surface area contributed by atoms with E-state index in [0.29, 0.717) is 11.4 Å². The first-order valence-electron chi connectivity index (χ1n) is 8.01. The van der Waals surface area contributed by atoms with Gasteiger partial charge in [0.15, 0.2) is 9.84 Å². The van der Waals surface area contributed by atoms with Crippen LogP contribution in [0.4, 0.5) is 22.7 Å². The maximum Gasteiger partial charge on any atom is 0.153 e. The average Bonchev–Trinajstić information content (AvgIpc) is 2.65. The van der Waals surface area contributed by atoms with Crippen molar-refractivity contribution in [2.24, 2.45) is 10.2 Å². The summed E-state index contributed by atoms with van der Waals surface area (Å²) in [5.41, 5.74) is 19.2. The first-order chi connectivity index (χ1) is 13.0. The SMILES string of the molecule is [N-]=[N+]=Nc1ccc(NCCS(=O)(=O)CCNc2ccc(N=[N+]=[N-])cc2)cc1. The summed E-state index contributed by atoms with van der Waals surface area (Å²) < 4.78 is 24.2. The second-order valence-corrected chi connectivity index (χ2v) is 7.78. The lowest BCUT2D eigenvalue weighted by atomic mass is 10.3. The van der Waals surface area contributed by atoms with E-state index in [-0.39, 0.29) is 24.6 Å². The van der Waals surface area contributed by atoms with Crippen LogP contribution in [-0.2, 0) is 9.84 Å². The number of hydrogen-bond donors (Lipinski definition) is 2. The van der Waals surface area contributed by atoms with Gasteiger partial charge in [-0.1, -0.05) is 34.5 Å². The fourth-order valence-electron chi connectivity index (χ4n) is 2.20. The highest BCUT2D eigenvalue weighted by molar-refractivity contribution is 7.91. The molecule has 0 heterocycles. The number of hydrogen-bond acceptors (Lipinski definition) is 6. The fourth-order valence-corrected chi connectivity index (χ4v) is 3.23. The molecule has 0 aromatic heterocycles. The van der Waals surface area contributed by atoms with Gasteiger partial charge in [-0.2, -0.15) is 0 Å². The molecule has 0 bridgehead atoms. The summed E-state index contributed by atoms with van der Waals surface area (Å²) >= 11 is 0. The minimum atomic E-state index is -3.21. The molecule has 2 rings (SSSR count). The van der Waals surface area contributed by atoms with Crippen LogP contribution in [0.15, 0.2) is 58.8 Å². The molecule has 2 aromatic carbocycles. The zero-order valence-electron chi connectivity index (χ0n) is 14.4. The molecule has 2 aromatic rings. The molecular weight excluding hydrogens is 368 g/mol. The quantitative estimate of drug-likeness (QED) is 0.350. The van der Waals surface area contributed by atoms with Gasteiger partial charge < -0.3 is 10.6 Å². The van der Waals surface area contributed by atoms with E-state index in [2.05, 4.69) is 30.7 Å². The first-order valence-corrected chi connectivity index (χ1v) is 9.83. The zero-order chi connectivity index (χ0) is 19.5. The fraction of sp³-hybridized carbons (Fsp3) is 0.250. The number of nitrogens with zero attached hydrogens (tertiary/aromatic N) is 6. The molecule has 10 nitrogen and oxygen atoms in total. The molecule has 0 atom stereocenters. The maximum absolute atomic E-state index is 12.1. The van der Waals surface area contributed by atoms with Crippen molar-refractivity contribution in [3.63, 3.8) is 0 Å². The zero-order valence-corrected chi connectivity index (χ0v) is 15.2. The third-order valence-electron chi connectivity index (χ3n) is 3.54. The van der Waals surface area contributed by atoms with Crippen molar-refractivity contribution < 1.29 is 8.42 Å². The molecule has 140 valence electrons. The van der Waals surface area contributed by atoms with Gasteiger partial charge in [0.1, 0.15) is 0 Å². The van der Waals surface area contributed by atoms with E-state index in [0.717, 1.165) is 11.4 Å². The molecule has 0 saturated heterocycles. The molecule has 0 amide bonds. The molecule has 2 N–H and O–H groups in total. The van der Waals surface area contributed by atoms with Crippen molar-refractivity contribution >= 4 is 32.6 Å². The van der Waals surface area contributed by atoms with Gasteiger partial charge in [0.05, 0.1) is 11.5 Å². The largest absolute Gasteiger partial charge is 0.384 e. The average molecular weight is 386 g/mol. The Kier molecular flexibility index (Phi) is 7.33. The van der Waals surface area contributed by atoms with E-state index >= 15 is 0 Å². The minimum absolute atomic E-state index is 0.00258. The molecule has 0 radical (unpaired) electrons. The number of azide groups is 2. The molecule has 0 aliphatic heterocycles. The summed E-state index contributed by atoms with van der Waals surface area (Å²) in [4.78, 5) is 5.39. The predicted octanol–water partition coefficient (Wildman–Crippen LogP) is 4.51. The van der Waals surface area contributed by atoms with Gasteiger partial charge in [-0.3, -0.25) is 0 Å². The Balaban J connectivity index is 1.74. The van der Waals surface area contributed by atoms with Crippen LogP contribution >= 0.6 is 0 Å². The Morgan fingerprint density at radius 2 is 1.11 bits per heavy atom. The summed E-state index contributed by atoms with van der Waals surface area (Å²) in [5.74, 6) is 0.00516. The van der Waals surface area contributed by atoms with E-state index in [9.17, 15) is 8.42 Å². The Labute approximate surface area is 156 Å². The monoisotopic (exact) mass is 386 g/mol. The molecule has 27 heavy (non-hydrogen) atoms. The van der Waals surface area contributed by atoms with E-state index < -0.39 is 9.84 Å². The van der Waals surface area contributed by atoms with Gasteiger partial charge in [0.25, 0.3) is 0 Å². The molecule has 11 heteroatoms. The second-order valence-electron chi connectivity index (χ2n) is 5.48. The van der Waals surface area contributed by atoms with Crippen LogP contribution in [-0.4, -0.2) is 33.0 Å². The lowest BCUT2D eigenvalue weighted by Crippen LogP contribution is -2.22. The van der Waals surface area contributed by atoms with Crippen LogP contribution in [0.1, 0.15) is 0 Å². The summed E-state index contributed by atoms with van der Waals surface area (Å²) in [6, 6.07) is 13.5. The van der Waals surface area contributed by atoms with Crippen molar-refractivity contribution in [1.29, 1.82) is 0 Å². The summed E-state index contributed by atoms with van der Waals surface area (Å²) in [7, 11) is -3.21. The number of benzene rings is 2. The highest BCUT2D eigenvalue weighted by Crippen LogP contribution is 2.17. The minimum Gasteiger partial charge on any atom is -0.384 e. The molecule has 0 aliphatic carbocycles. The highest BCUT2D eigenvalue weighted by Gasteiger charge is 2.10. The maximum atomic E-state index is 12.1. The smallest absolute Gasteiger partial charge is 0.153 e. The van der Waals surface area contributed by atoms with Crippen molar-refractivity contribution in [3.8, 4) is 0 Å². The van der Waals surface area contributed by atoms with E-state index in [1.165, 1.54) is 0 Å². The van der Waals surface area contributed by atoms with Crippen LogP contribution in [0.5, 0.6) is 0 Å². The summed E-state index contributed by atoms with van der Waals surface area (Å²) in [6.07, 6.45) is 0. The summed E-state index contributed by atoms with van der Waals surface area (Å²) in [5, 5.41) is 13.0. The molecular formula is C16H18N8O2S. The van der Waals surface area contributed by atoms with Crippen molar-refractivity contribution in [3.05, 3.63) is 69.4 Å².